The number of hydrogen-bond donors (Lipinski definition) is 1. The Morgan fingerprint density at radius 1 is 1.11 bits per heavy atom. The highest BCUT2D eigenvalue weighted by atomic mass is 16.1. The SMILES string of the molecule is CN1CCCC(CNC(=O)CC2CCCCC2)C1. The van der Waals surface area contributed by atoms with Gasteiger partial charge in [0.2, 0.25) is 5.91 Å². The standard InChI is InChI=1S/C15H28N2O/c1-17-9-5-8-14(12-17)11-16-15(18)10-13-6-3-2-4-7-13/h13-14H,2-12H2,1H3,(H,16,18). The summed E-state index contributed by atoms with van der Waals surface area (Å²) in [6.45, 7) is 3.24. The number of hydrogen-bond acceptors (Lipinski definition) is 2. The number of amides is 1. The van der Waals surface area contributed by atoms with Crippen molar-refractivity contribution in [2.45, 2.75) is 51.4 Å². The molecule has 0 aromatic rings. The fourth-order valence-electron chi connectivity index (χ4n) is 3.42. The third-order valence-electron chi connectivity index (χ3n) is 4.51. The quantitative estimate of drug-likeness (QED) is 0.833. The van der Waals surface area contributed by atoms with Gasteiger partial charge in [-0.2, -0.15) is 0 Å². The van der Waals surface area contributed by atoms with Crippen molar-refractivity contribution in [3.05, 3.63) is 0 Å². The van der Waals surface area contributed by atoms with E-state index < -0.39 is 0 Å². The van der Waals surface area contributed by atoms with E-state index in [2.05, 4.69) is 17.3 Å². The third kappa shape index (κ3) is 4.60. The molecule has 18 heavy (non-hydrogen) atoms. The lowest BCUT2D eigenvalue weighted by atomic mass is 9.87. The Balaban J connectivity index is 1.61. The van der Waals surface area contributed by atoms with Crippen LogP contribution in [-0.4, -0.2) is 37.5 Å². The lowest BCUT2D eigenvalue weighted by Gasteiger charge is -2.30. The van der Waals surface area contributed by atoms with E-state index in [0.717, 1.165) is 19.5 Å². The van der Waals surface area contributed by atoms with Crippen molar-refractivity contribution in [2.75, 3.05) is 26.7 Å². The van der Waals surface area contributed by atoms with Gasteiger partial charge in [0, 0.05) is 19.5 Å². The second-order valence-electron chi connectivity index (χ2n) is 6.28. The summed E-state index contributed by atoms with van der Waals surface area (Å²) in [6.07, 6.45) is 9.86. The van der Waals surface area contributed by atoms with Crippen molar-refractivity contribution < 1.29 is 4.79 Å². The highest BCUT2D eigenvalue weighted by molar-refractivity contribution is 5.76. The molecule has 2 fully saturated rings. The van der Waals surface area contributed by atoms with Crippen molar-refractivity contribution in [1.82, 2.24) is 10.2 Å². The molecule has 1 saturated carbocycles. The lowest BCUT2D eigenvalue weighted by Crippen LogP contribution is -2.39. The summed E-state index contributed by atoms with van der Waals surface area (Å²) in [6, 6.07) is 0. The van der Waals surface area contributed by atoms with Crippen LogP contribution in [0.1, 0.15) is 51.4 Å². The summed E-state index contributed by atoms with van der Waals surface area (Å²) >= 11 is 0. The number of carbonyl (C=O) groups excluding carboxylic acids is 1. The molecule has 3 nitrogen and oxygen atoms in total. The molecule has 0 bridgehead atoms. The van der Waals surface area contributed by atoms with E-state index in [1.165, 1.54) is 51.5 Å². The van der Waals surface area contributed by atoms with Gasteiger partial charge in [-0.1, -0.05) is 19.3 Å². The highest BCUT2D eigenvalue weighted by Crippen LogP contribution is 2.26. The Morgan fingerprint density at radius 3 is 2.56 bits per heavy atom. The maximum absolute atomic E-state index is 11.9. The maximum atomic E-state index is 11.9. The summed E-state index contributed by atoms with van der Waals surface area (Å²) in [5.41, 5.74) is 0. The molecular weight excluding hydrogens is 224 g/mol. The molecule has 1 atom stereocenters. The van der Waals surface area contributed by atoms with E-state index in [0.29, 0.717) is 11.8 Å². The van der Waals surface area contributed by atoms with Crippen LogP contribution in [0.2, 0.25) is 0 Å². The summed E-state index contributed by atoms with van der Waals surface area (Å²) in [5, 5.41) is 3.15. The van der Waals surface area contributed by atoms with Gasteiger partial charge in [0.25, 0.3) is 0 Å². The zero-order chi connectivity index (χ0) is 12.8. The fraction of sp³-hybridized carbons (Fsp3) is 0.933. The monoisotopic (exact) mass is 252 g/mol. The average Bonchev–Trinajstić information content (AvgIpc) is 2.38. The Kier molecular flexibility index (Phi) is 5.48. The average molecular weight is 252 g/mol. The largest absolute Gasteiger partial charge is 0.356 e. The van der Waals surface area contributed by atoms with Crippen molar-refractivity contribution in [3.8, 4) is 0 Å². The van der Waals surface area contributed by atoms with Crippen LogP contribution in [-0.2, 0) is 4.79 Å². The first-order valence-corrected chi connectivity index (χ1v) is 7.69. The van der Waals surface area contributed by atoms with Gasteiger partial charge < -0.3 is 10.2 Å². The first-order chi connectivity index (χ1) is 8.74. The topological polar surface area (TPSA) is 32.3 Å². The predicted octanol–water partition coefficient (Wildman–Crippen LogP) is 2.41. The molecule has 1 unspecified atom stereocenters. The summed E-state index contributed by atoms with van der Waals surface area (Å²) in [5.74, 6) is 1.61. The Hall–Kier alpha value is -0.570. The lowest BCUT2D eigenvalue weighted by molar-refractivity contribution is -0.122. The van der Waals surface area contributed by atoms with E-state index in [9.17, 15) is 4.79 Å². The molecule has 0 spiro atoms. The molecule has 104 valence electrons. The van der Waals surface area contributed by atoms with Gasteiger partial charge in [0.1, 0.15) is 0 Å². The molecule has 3 heteroatoms. The van der Waals surface area contributed by atoms with Crippen LogP contribution in [0.15, 0.2) is 0 Å². The van der Waals surface area contributed by atoms with E-state index >= 15 is 0 Å². The smallest absolute Gasteiger partial charge is 0.220 e. The van der Waals surface area contributed by atoms with Gasteiger partial charge in [0.15, 0.2) is 0 Å². The van der Waals surface area contributed by atoms with Crippen molar-refractivity contribution in [1.29, 1.82) is 0 Å². The number of nitrogens with one attached hydrogen (secondary N) is 1. The third-order valence-corrected chi connectivity index (χ3v) is 4.51. The minimum atomic E-state index is 0.287. The van der Waals surface area contributed by atoms with Crippen LogP contribution in [0.3, 0.4) is 0 Å². The molecule has 1 saturated heterocycles. The van der Waals surface area contributed by atoms with Crippen LogP contribution < -0.4 is 5.32 Å². The van der Waals surface area contributed by atoms with Gasteiger partial charge in [-0.05, 0) is 51.1 Å². The zero-order valence-electron chi connectivity index (χ0n) is 11.8. The van der Waals surface area contributed by atoms with Gasteiger partial charge in [-0.3, -0.25) is 4.79 Å². The first kappa shape index (κ1) is 13.9. The number of nitrogens with zero attached hydrogens (tertiary/aromatic N) is 1. The molecule has 0 radical (unpaired) electrons. The molecular formula is C15H28N2O. The van der Waals surface area contributed by atoms with Crippen molar-refractivity contribution >= 4 is 5.91 Å². The number of piperidine rings is 1. The molecule has 1 aliphatic carbocycles. The van der Waals surface area contributed by atoms with Crippen LogP contribution >= 0.6 is 0 Å². The van der Waals surface area contributed by atoms with Crippen LogP contribution in [0.5, 0.6) is 0 Å². The summed E-state index contributed by atoms with van der Waals surface area (Å²) in [4.78, 5) is 14.3. The molecule has 1 heterocycles. The van der Waals surface area contributed by atoms with E-state index in [1.54, 1.807) is 0 Å². The van der Waals surface area contributed by atoms with Gasteiger partial charge >= 0.3 is 0 Å². The molecule has 1 N–H and O–H groups in total. The predicted molar refractivity (Wildman–Crippen MR) is 74.4 cm³/mol. The maximum Gasteiger partial charge on any atom is 0.220 e. The second-order valence-corrected chi connectivity index (χ2v) is 6.28. The zero-order valence-corrected chi connectivity index (χ0v) is 11.8. The summed E-state index contributed by atoms with van der Waals surface area (Å²) in [7, 11) is 2.18. The van der Waals surface area contributed by atoms with Crippen LogP contribution in [0, 0.1) is 11.8 Å². The Labute approximate surface area is 111 Å². The van der Waals surface area contributed by atoms with E-state index in [1.807, 2.05) is 0 Å². The molecule has 0 aromatic carbocycles. The molecule has 2 rings (SSSR count). The number of rotatable bonds is 4. The molecule has 1 aliphatic heterocycles. The van der Waals surface area contributed by atoms with Gasteiger partial charge in [-0.25, -0.2) is 0 Å². The molecule has 1 amide bonds. The van der Waals surface area contributed by atoms with E-state index in [-0.39, 0.29) is 5.91 Å². The Bertz CT molecular complexity index is 261. The minimum absolute atomic E-state index is 0.287. The molecule has 0 aromatic heterocycles. The number of likely N-dealkylation sites (tertiary alicyclic amines) is 1. The first-order valence-electron chi connectivity index (χ1n) is 7.69. The minimum Gasteiger partial charge on any atom is -0.356 e. The normalized spacial score (nSPS) is 27.1. The van der Waals surface area contributed by atoms with Crippen molar-refractivity contribution in [2.24, 2.45) is 11.8 Å². The van der Waals surface area contributed by atoms with Crippen LogP contribution in [0.4, 0.5) is 0 Å². The Morgan fingerprint density at radius 2 is 1.83 bits per heavy atom. The van der Waals surface area contributed by atoms with E-state index in [4.69, 9.17) is 0 Å². The van der Waals surface area contributed by atoms with Crippen molar-refractivity contribution in [3.63, 3.8) is 0 Å². The number of carbonyl (C=O) groups is 1. The van der Waals surface area contributed by atoms with Gasteiger partial charge in [-0.15, -0.1) is 0 Å². The van der Waals surface area contributed by atoms with Crippen LogP contribution in [0.25, 0.3) is 0 Å². The fourth-order valence-corrected chi connectivity index (χ4v) is 3.42. The second kappa shape index (κ2) is 7.13. The highest BCUT2D eigenvalue weighted by Gasteiger charge is 2.20. The van der Waals surface area contributed by atoms with Gasteiger partial charge in [0.05, 0.1) is 0 Å². The summed E-state index contributed by atoms with van der Waals surface area (Å²) < 4.78 is 0. The molecule has 2 aliphatic rings.